The zero-order valence-corrected chi connectivity index (χ0v) is 21.7. The Hall–Kier alpha value is -4.86. The Labute approximate surface area is 227 Å². The number of para-hydroxylation sites is 3. The van der Waals surface area contributed by atoms with Crippen LogP contribution in [-0.2, 0) is 0 Å². The first kappa shape index (κ1) is 21.1. The van der Waals surface area contributed by atoms with E-state index >= 15 is 0 Å². The van der Waals surface area contributed by atoms with Gasteiger partial charge in [0.25, 0.3) is 0 Å². The number of aromatic nitrogens is 1. The van der Waals surface area contributed by atoms with E-state index in [1.165, 1.54) is 69.6 Å². The van der Waals surface area contributed by atoms with Crippen molar-refractivity contribution in [3.8, 4) is 16.8 Å². The first-order valence-corrected chi connectivity index (χ1v) is 14.0. The third-order valence-corrected chi connectivity index (χ3v) is 9.12. The van der Waals surface area contributed by atoms with Gasteiger partial charge in [0.05, 0.1) is 11.0 Å². The van der Waals surface area contributed by atoms with Crippen LogP contribution in [0.1, 0.15) is 0 Å². The third-order valence-electron chi connectivity index (χ3n) is 8.00. The molecule has 3 aromatic heterocycles. The maximum atomic E-state index is 6.51. The first-order valence-electron chi connectivity index (χ1n) is 13.2. The fourth-order valence-corrected chi connectivity index (χ4v) is 7.45. The Morgan fingerprint density at radius 1 is 0.513 bits per heavy atom. The number of furan rings is 1. The van der Waals surface area contributed by atoms with Crippen LogP contribution in [-0.4, -0.2) is 4.57 Å². The van der Waals surface area contributed by atoms with Crippen molar-refractivity contribution in [1.29, 1.82) is 0 Å². The Kier molecular flexibility index (Phi) is 4.24. The van der Waals surface area contributed by atoms with E-state index in [4.69, 9.17) is 4.42 Å². The van der Waals surface area contributed by atoms with Crippen molar-refractivity contribution in [3.63, 3.8) is 0 Å². The molecule has 0 amide bonds. The normalized spacial score (nSPS) is 12.1. The molecule has 9 aromatic rings. The van der Waals surface area contributed by atoms with Crippen molar-refractivity contribution in [2.24, 2.45) is 0 Å². The summed E-state index contributed by atoms with van der Waals surface area (Å²) in [5.74, 6) is 0. The lowest BCUT2D eigenvalue weighted by Crippen LogP contribution is -1.93. The number of fused-ring (bicyclic) bond motifs is 10. The van der Waals surface area contributed by atoms with Crippen molar-refractivity contribution in [2.45, 2.75) is 0 Å². The van der Waals surface area contributed by atoms with Gasteiger partial charge in [0.15, 0.2) is 0 Å². The van der Waals surface area contributed by atoms with Crippen molar-refractivity contribution >= 4 is 75.3 Å². The molecule has 0 N–H and O–H groups in total. The molecule has 0 aliphatic heterocycles. The van der Waals surface area contributed by atoms with Gasteiger partial charge in [0.2, 0.25) is 0 Å². The third kappa shape index (κ3) is 2.91. The largest absolute Gasteiger partial charge is 0.455 e. The van der Waals surface area contributed by atoms with Gasteiger partial charge in [0.1, 0.15) is 11.2 Å². The average molecular weight is 516 g/mol. The van der Waals surface area contributed by atoms with Crippen LogP contribution in [0.2, 0.25) is 0 Å². The van der Waals surface area contributed by atoms with Crippen molar-refractivity contribution in [2.75, 3.05) is 0 Å². The fraction of sp³-hybridized carbons (Fsp3) is 0. The van der Waals surface area contributed by atoms with Gasteiger partial charge in [-0.05, 0) is 59.7 Å². The molecule has 0 aliphatic carbocycles. The lowest BCUT2D eigenvalue weighted by atomic mass is 9.97. The zero-order chi connectivity index (χ0) is 25.5. The van der Waals surface area contributed by atoms with Crippen LogP contribution in [0.4, 0.5) is 0 Å². The quantitative estimate of drug-likeness (QED) is 0.224. The summed E-state index contributed by atoms with van der Waals surface area (Å²) in [7, 11) is 0. The Bertz CT molecular complexity index is 2390. The zero-order valence-electron chi connectivity index (χ0n) is 20.9. The van der Waals surface area contributed by atoms with E-state index in [1.54, 1.807) is 0 Å². The first-order chi connectivity index (χ1) is 19.3. The summed E-state index contributed by atoms with van der Waals surface area (Å²) in [6.07, 6.45) is 0. The molecule has 3 heteroatoms. The molecule has 39 heavy (non-hydrogen) atoms. The second-order valence-electron chi connectivity index (χ2n) is 10.1. The van der Waals surface area contributed by atoms with Gasteiger partial charge < -0.3 is 8.98 Å². The van der Waals surface area contributed by atoms with E-state index in [-0.39, 0.29) is 0 Å². The van der Waals surface area contributed by atoms with E-state index in [0.717, 1.165) is 11.2 Å². The molecular formula is C36H21NOS. The minimum Gasteiger partial charge on any atom is -0.455 e. The molecule has 0 fully saturated rings. The average Bonchev–Trinajstić information content (AvgIpc) is 3.66. The molecule has 0 spiro atoms. The molecule has 0 saturated carbocycles. The molecule has 0 radical (unpaired) electrons. The smallest absolute Gasteiger partial charge is 0.144 e. The van der Waals surface area contributed by atoms with E-state index in [0.29, 0.717) is 0 Å². The highest BCUT2D eigenvalue weighted by atomic mass is 32.1. The predicted molar refractivity (Wildman–Crippen MR) is 166 cm³/mol. The molecule has 0 bridgehead atoms. The SMILES string of the molecule is c1ccc(-n2c3ccccc3c3ccc(-c4cccc5sc6ccc7c8ccccc8oc7c6c45)cc32)cc1. The summed E-state index contributed by atoms with van der Waals surface area (Å²) in [6.45, 7) is 0. The Morgan fingerprint density at radius 2 is 1.26 bits per heavy atom. The van der Waals surface area contributed by atoms with Crippen molar-refractivity contribution in [3.05, 3.63) is 127 Å². The number of hydrogen-bond donors (Lipinski definition) is 0. The van der Waals surface area contributed by atoms with Crippen molar-refractivity contribution in [1.82, 2.24) is 4.57 Å². The number of nitrogens with zero attached hydrogens (tertiary/aromatic N) is 1. The van der Waals surface area contributed by atoms with Crippen LogP contribution in [0.3, 0.4) is 0 Å². The standard InChI is InChI=1S/C36H21NOS/c1-2-9-23(10-3-1)37-29-14-6-4-11-25(29)26-18-17-22(21-30(26)37)24-13-8-16-32-34(24)35-33(39-32)20-19-28-27-12-5-7-15-31(27)38-36(28)35/h1-21H. The second kappa shape index (κ2) is 7.83. The number of benzene rings is 6. The van der Waals surface area contributed by atoms with Gasteiger partial charge in [-0.25, -0.2) is 0 Å². The summed E-state index contributed by atoms with van der Waals surface area (Å²) < 4.78 is 11.4. The highest BCUT2D eigenvalue weighted by molar-refractivity contribution is 7.26. The van der Waals surface area contributed by atoms with Gasteiger partial charge in [-0.3, -0.25) is 0 Å². The van der Waals surface area contributed by atoms with Crippen LogP contribution in [0, 0.1) is 0 Å². The summed E-state index contributed by atoms with van der Waals surface area (Å²) in [5, 5.41) is 7.35. The summed E-state index contributed by atoms with van der Waals surface area (Å²) >= 11 is 1.84. The topological polar surface area (TPSA) is 18.1 Å². The summed E-state index contributed by atoms with van der Waals surface area (Å²) in [4.78, 5) is 0. The van der Waals surface area contributed by atoms with Crippen LogP contribution in [0.15, 0.2) is 132 Å². The van der Waals surface area contributed by atoms with Crippen molar-refractivity contribution < 1.29 is 4.42 Å². The maximum absolute atomic E-state index is 6.51. The lowest BCUT2D eigenvalue weighted by Gasteiger charge is -2.10. The van der Waals surface area contributed by atoms with E-state index in [9.17, 15) is 0 Å². The molecule has 0 atom stereocenters. The second-order valence-corrected chi connectivity index (χ2v) is 11.2. The van der Waals surface area contributed by atoms with E-state index in [1.807, 2.05) is 17.4 Å². The van der Waals surface area contributed by atoms with Gasteiger partial charge in [0, 0.05) is 47.4 Å². The predicted octanol–water partition coefficient (Wildman–Crippen LogP) is 10.7. The molecular weight excluding hydrogens is 494 g/mol. The number of rotatable bonds is 2. The molecule has 0 aliphatic rings. The molecule has 0 unspecified atom stereocenters. The van der Waals surface area contributed by atoms with Gasteiger partial charge >= 0.3 is 0 Å². The fourth-order valence-electron chi connectivity index (χ4n) is 6.32. The molecule has 6 aromatic carbocycles. The van der Waals surface area contributed by atoms with E-state index < -0.39 is 0 Å². The Balaban J connectivity index is 1.39. The minimum atomic E-state index is 0.936. The molecule has 0 saturated heterocycles. The molecule has 9 rings (SSSR count). The monoisotopic (exact) mass is 515 g/mol. The highest BCUT2D eigenvalue weighted by Gasteiger charge is 2.19. The summed E-state index contributed by atoms with van der Waals surface area (Å²) in [5.41, 5.74) is 7.96. The van der Waals surface area contributed by atoms with Gasteiger partial charge in [-0.15, -0.1) is 11.3 Å². The molecule has 2 nitrogen and oxygen atoms in total. The number of thiophene rings is 1. The summed E-state index contributed by atoms with van der Waals surface area (Å²) in [6, 6.07) is 45.8. The molecule has 182 valence electrons. The minimum absolute atomic E-state index is 0.936. The maximum Gasteiger partial charge on any atom is 0.144 e. The van der Waals surface area contributed by atoms with Crippen LogP contribution in [0.25, 0.3) is 80.7 Å². The Morgan fingerprint density at radius 3 is 2.18 bits per heavy atom. The molecule has 3 heterocycles. The highest BCUT2D eigenvalue weighted by Crippen LogP contribution is 2.46. The van der Waals surface area contributed by atoms with Gasteiger partial charge in [-0.2, -0.15) is 0 Å². The lowest BCUT2D eigenvalue weighted by molar-refractivity contribution is 0.673. The van der Waals surface area contributed by atoms with Gasteiger partial charge in [-0.1, -0.05) is 78.9 Å². The van der Waals surface area contributed by atoms with E-state index in [2.05, 4.69) is 126 Å². The van der Waals surface area contributed by atoms with Crippen LogP contribution < -0.4 is 0 Å². The van der Waals surface area contributed by atoms with Crippen LogP contribution >= 0.6 is 11.3 Å². The number of hydrogen-bond acceptors (Lipinski definition) is 2. The van der Waals surface area contributed by atoms with Crippen LogP contribution in [0.5, 0.6) is 0 Å².